The van der Waals surface area contributed by atoms with E-state index in [9.17, 15) is 4.79 Å². The van der Waals surface area contributed by atoms with E-state index in [1.54, 1.807) is 12.1 Å². The van der Waals surface area contributed by atoms with Crippen LogP contribution in [0.1, 0.15) is 35.0 Å². The molecule has 0 radical (unpaired) electrons. The Morgan fingerprint density at radius 3 is 2.58 bits per heavy atom. The molecule has 0 fully saturated rings. The minimum atomic E-state index is -0.317. The fourth-order valence-corrected chi connectivity index (χ4v) is 4.55. The van der Waals surface area contributed by atoms with E-state index in [-0.39, 0.29) is 5.91 Å². The molecular formula is C24H19Cl2N3OS. The van der Waals surface area contributed by atoms with E-state index in [1.807, 2.05) is 54.6 Å². The Balaban J connectivity index is 1.75. The maximum atomic E-state index is 13.2. The van der Waals surface area contributed by atoms with Gasteiger partial charge in [-0.05, 0) is 30.7 Å². The van der Waals surface area contributed by atoms with E-state index in [0.717, 1.165) is 29.0 Å². The lowest BCUT2D eigenvalue weighted by molar-refractivity contribution is 0.0956. The van der Waals surface area contributed by atoms with Gasteiger partial charge in [0.1, 0.15) is 0 Å². The number of benzene rings is 2. The molecule has 0 saturated carbocycles. The van der Waals surface area contributed by atoms with Crippen LogP contribution in [-0.4, -0.2) is 16.6 Å². The molecule has 31 heavy (non-hydrogen) atoms. The van der Waals surface area contributed by atoms with E-state index < -0.39 is 0 Å². The Bertz CT molecular complexity index is 1270. The number of carbonyl (C=O) groups excluding carboxylic acids is 1. The smallest absolute Gasteiger partial charge is 0.267 e. The molecule has 0 aliphatic heterocycles. The van der Waals surface area contributed by atoms with Gasteiger partial charge in [0, 0.05) is 10.9 Å². The zero-order valence-corrected chi connectivity index (χ0v) is 19.1. The lowest BCUT2D eigenvalue weighted by atomic mass is 10.0. The van der Waals surface area contributed by atoms with Crippen molar-refractivity contribution in [1.82, 2.24) is 10.4 Å². The second-order valence-electron chi connectivity index (χ2n) is 6.91. The summed E-state index contributed by atoms with van der Waals surface area (Å²) in [4.78, 5) is 18.8. The second kappa shape index (κ2) is 9.60. The molecule has 0 saturated heterocycles. The van der Waals surface area contributed by atoms with Gasteiger partial charge >= 0.3 is 0 Å². The third-order valence-corrected chi connectivity index (χ3v) is 6.33. The zero-order chi connectivity index (χ0) is 21.8. The molecule has 2 heterocycles. The van der Waals surface area contributed by atoms with Crippen LogP contribution in [0, 0.1) is 0 Å². The number of fused-ring (bicyclic) bond motifs is 1. The standard InChI is InChI=1S/C24H19Cl2N3OS/c1-2-7-19(21-12-13-22(26)31-21)28-29-24(30)17-14-20(15-8-4-3-5-9-15)27-23-16(17)10-6-11-18(23)25/h3-6,8-14H,2,7H2,1H3,(H,29,30). The van der Waals surface area contributed by atoms with Crippen LogP contribution in [0.4, 0.5) is 0 Å². The number of nitrogens with zero attached hydrogens (tertiary/aromatic N) is 2. The van der Waals surface area contributed by atoms with Gasteiger partial charge in [0.15, 0.2) is 0 Å². The van der Waals surface area contributed by atoms with Crippen molar-refractivity contribution in [1.29, 1.82) is 0 Å². The maximum Gasteiger partial charge on any atom is 0.272 e. The fraction of sp³-hybridized carbons (Fsp3) is 0.125. The number of hydrogen-bond donors (Lipinski definition) is 1. The summed E-state index contributed by atoms with van der Waals surface area (Å²) in [5.41, 5.74) is 6.15. The maximum absolute atomic E-state index is 13.2. The highest BCUT2D eigenvalue weighted by Crippen LogP contribution is 2.29. The molecule has 4 rings (SSSR count). The number of para-hydroxylation sites is 1. The number of halogens is 2. The van der Waals surface area contributed by atoms with Crippen LogP contribution >= 0.6 is 34.5 Å². The number of thiophene rings is 1. The van der Waals surface area contributed by atoms with Crippen LogP contribution in [0.5, 0.6) is 0 Å². The predicted molar refractivity (Wildman–Crippen MR) is 130 cm³/mol. The number of rotatable bonds is 6. The molecule has 2 aromatic heterocycles. The molecule has 2 aromatic carbocycles. The van der Waals surface area contributed by atoms with Gasteiger partial charge in [-0.3, -0.25) is 4.79 Å². The zero-order valence-electron chi connectivity index (χ0n) is 16.7. The molecule has 0 aliphatic rings. The van der Waals surface area contributed by atoms with Gasteiger partial charge in [-0.15, -0.1) is 11.3 Å². The van der Waals surface area contributed by atoms with Crippen molar-refractivity contribution in [3.8, 4) is 11.3 Å². The summed E-state index contributed by atoms with van der Waals surface area (Å²) in [5.74, 6) is -0.317. The van der Waals surface area contributed by atoms with E-state index >= 15 is 0 Å². The average Bonchev–Trinajstić information content (AvgIpc) is 3.23. The first-order valence-electron chi connectivity index (χ1n) is 9.84. The van der Waals surface area contributed by atoms with Crippen molar-refractivity contribution in [3.63, 3.8) is 0 Å². The van der Waals surface area contributed by atoms with Crippen LogP contribution in [0.3, 0.4) is 0 Å². The highest BCUT2D eigenvalue weighted by molar-refractivity contribution is 7.18. The van der Waals surface area contributed by atoms with Crippen molar-refractivity contribution >= 4 is 57.1 Å². The molecule has 1 N–H and O–H groups in total. The Morgan fingerprint density at radius 2 is 1.87 bits per heavy atom. The number of hydrazone groups is 1. The topological polar surface area (TPSA) is 54.4 Å². The Labute approximate surface area is 194 Å². The highest BCUT2D eigenvalue weighted by Gasteiger charge is 2.16. The molecule has 1 amide bonds. The number of amides is 1. The van der Waals surface area contributed by atoms with E-state index in [4.69, 9.17) is 28.2 Å². The van der Waals surface area contributed by atoms with Crippen molar-refractivity contribution in [3.05, 3.63) is 86.5 Å². The van der Waals surface area contributed by atoms with E-state index in [1.165, 1.54) is 11.3 Å². The molecule has 4 nitrogen and oxygen atoms in total. The van der Waals surface area contributed by atoms with Crippen LogP contribution in [-0.2, 0) is 0 Å². The normalized spacial score (nSPS) is 11.6. The van der Waals surface area contributed by atoms with Crippen LogP contribution in [0.15, 0.2) is 71.8 Å². The largest absolute Gasteiger partial charge is 0.272 e. The summed E-state index contributed by atoms with van der Waals surface area (Å²) in [7, 11) is 0. The average molecular weight is 468 g/mol. The summed E-state index contributed by atoms with van der Waals surface area (Å²) in [6.45, 7) is 2.07. The van der Waals surface area contributed by atoms with Crippen molar-refractivity contribution in [2.75, 3.05) is 0 Å². The van der Waals surface area contributed by atoms with Gasteiger partial charge in [-0.25, -0.2) is 10.4 Å². The van der Waals surface area contributed by atoms with Gasteiger partial charge in [-0.2, -0.15) is 5.10 Å². The quantitative estimate of drug-likeness (QED) is 0.240. The molecule has 0 atom stereocenters. The monoisotopic (exact) mass is 467 g/mol. The Kier molecular flexibility index (Phi) is 6.66. The van der Waals surface area contributed by atoms with Crippen LogP contribution < -0.4 is 5.43 Å². The fourth-order valence-electron chi connectivity index (χ4n) is 3.28. The minimum Gasteiger partial charge on any atom is -0.267 e. The number of nitrogens with one attached hydrogen (secondary N) is 1. The van der Waals surface area contributed by atoms with Crippen LogP contribution in [0.25, 0.3) is 22.2 Å². The minimum absolute atomic E-state index is 0.317. The first-order chi connectivity index (χ1) is 15.1. The third kappa shape index (κ3) is 4.79. The van der Waals surface area contributed by atoms with Crippen LogP contribution in [0.2, 0.25) is 9.36 Å². The first kappa shape index (κ1) is 21.5. The summed E-state index contributed by atoms with van der Waals surface area (Å²) in [6, 6.07) is 20.6. The SMILES string of the molecule is CCCC(=NNC(=O)c1cc(-c2ccccc2)nc2c(Cl)cccc12)c1ccc(Cl)s1. The Morgan fingerprint density at radius 1 is 1.06 bits per heavy atom. The molecular weight excluding hydrogens is 449 g/mol. The molecule has 0 spiro atoms. The van der Waals surface area contributed by atoms with Gasteiger partial charge in [0.05, 0.1) is 36.7 Å². The molecule has 0 bridgehead atoms. The Hall–Kier alpha value is -2.73. The molecule has 4 aromatic rings. The first-order valence-corrected chi connectivity index (χ1v) is 11.4. The highest BCUT2D eigenvalue weighted by atomic mass is 35.5. The molecule has 0 unspecified atom stereocenters. The van der Waals surface area contributed by atoms with Gasteiger partial charge < -0.3 is 0 Å². The van der Waals surface area contributed by atoms with Gasteiger partial charge in [-0.1, -0.05) is 79.0 Å². The third-order valence-electron chi connectivity index (χ3n) is 4.74. The summed E-state index contributed by atoms with van der Waals surface area (Å²) >= 11 is 13.9. The van der Waals surface area contributed by atoms with Gasteiger partial charge in [0.25, 0.3) is 5.91 Å². The van der Waals surface area contributed by atoms with E-state index in [0.29, 0.717) is 31.5 Å². The lowest BCUT2D eigenvalue weighted by Crippen LogP contribution is -2.20. The molecule has 0 aliphatic carbocycles. The predicted octanol–water partition coefficient (Wildman–Crippen LogP) is 7.20. The van der Waals surface area contributed by atoms with Crippen molar-refractivity contribution < 1.29 is 4.79 Å². The molecule has 7 heteroatoms. The summed E-state index contributed by atoms with van der Waals surface area (Å²) < 4.78 is 0.687. The summed E-state index contributed by atoms with van der Waals surface area (Å²) in [6.07, 6.45) is 1.63. The summed E-state index contributed by atoms with van der Waals surface area (Å²) in [5, 5.41) is 5.59. The number of hydrogen-bond acceptors (Lipinski definition) is 4. The molecule has 156 valence electrons. The van der Waals surface area contributed by atoms with Gasteiger partial charge in [0.2, 0.25) is 0 Å². The second-order valence-corrected chi connectivity index (χ2v) is 9.03. The lowest BCUT2D eigenvalue weighted by Gasteiger charge is -2.11. The number of pyridine rings is 1. The van der Waals surface area contributed by atoms with Crippen molar-refractivity contribution in [2.45, 2.75) is 19.8 Å². The van der Waals surface area contributed by atoms with E-state index in [2.05, 4.69) is 17.5 Å². The number of carbonyl (C=O) groups is 1. The van der Waals surface area contributed by atoms with Crippen molar-refractivity contribution in [2.24, 2.45) is 5.10 Å². The number of aromatic nitrogens is 1.